The number of hydrogen-bond acceptors (Lipinski definition) is 4. The number of H-pyrrole nitrogens is 1. The number of aromatic hydroxyl groups is 1. The zero-order valence-corrected chi connectivity index (χ0v) is 19.7. The van der Waals surface area contributed by atoms with E-state index >= 15 is 0 Å². The third-order valence-electron chi connectivity index (χ3n) is 5.92. The van der Waals surface area contributed by atoms with Crippen molar-refractivity contribution in [3.63, 3.8) is 0 Å². The van der Waals surface area contributed by atoms with Crippen LogP contribution in [-0.2, 0) is 6.54 Å². The number of pyridine rings is 1. The SMILES string of the molecule is Nc1c(Cl)cc(-c2[nH]c3cc(C(=O)NCc4cccc5ccccc45)ccc3c(=O)c2O)cc1Cl. The van der Waals surface area contributed by atoms with Gasteiger partial charge in [-0.15, -0.1) is 0 Å². The van der Waals surface area contributed by atoms with Crippen molar-refractivity contribution in [1.82, 2.24) is 10.3 Å². The van der Waals surface area contributed by atoms with Gasteiger partial charge in [0.15, 0.2) is 5.75 Å². The van der Waals surface area contributed by atoms with Crippen LogP contribution in [0.15, 0.2) is 77.6 Å². The highest BCUT2D eigenvalue weighted by molar-refractivity contribution is 6.39. The maximum Gasteiger partial charge on any atom is 0.251 e. The molecule has 35 heavy (non-hydrogen) atoms. The van der Waals surface area contributed by atoms with E-state index in [-0.39, 0.29) is 32.7 Å². The molecule has 1 heterocycles. The Bertz CT molecular complexity index is 1670. The first-order valence-corrected chi connectivity index (χ1v) is 11.5. The number of nitrogens with two attached hydrogens (primary N) is 1. The molecule has 0 aliphatic heterocycles. The molecule has 0 atom stereocenters. The number of rotatable bonds is 4. The maximum absolute atomic E-state index is 12.9. The number of aromatic nitrogens is 1. The Hall–Kier alpha value is -4.00. The Morgan fingerprint density at radius 1 is 0.943 bits per heavy atom. The van der Waals surface area contributed by atoms with Gasteiger partial charge in [0.1, 0.15) is 0 Å². The lowest BCUT2D eigenvalue weighted by Gasteiger charge is -2.12. The van der Waals surface area contributed by atoms with Crippen molar-refractivity contribution in [3.8, 4) is 17.0 Å². The smallest absolute Gasteiger partial charge is 0.251 e. The van der Waals surface area contributed by atoms with Gasteiger partial charge in [-0.05, 0) is 46.7 Å². The van der Waals surface area contributed by atoms with Crippen molar-refractivity contribution >= 4 is 56.5 Å². The van der Waals surface area contributed by atoms with Gasteiger partial charge in [-0.2, -0.15) is 0 Å². The molecular weight excluding hydrogens is 485 g/mol. The third kappa shape index (κ3) is 4.18. The summed E-state index contributed by atoms with van der Waals surface area (Å²) in [5, 5.41) is 16.3. The van der Waals surface area contributed by atoms with E-state index in [4.69, 9.17) is 28.9 Å². The van der Waals surface area contributed by atoms with Crippen molar-refractivity contribution in [2.45, 2.75) is 6.54 Å². The summed E-state index contributed by atoms with van der Waals surface area (Å²) in [7, 11) is 0. The largest absolute Gasteiger partial charge is 0.503 e. The molecule has 5 N–H and O–H groups in total. The Morgan fingerprint density at radius 2 is 1.66 bits per heavy atom. The monoisotopic (exact) mass is 503 g/mol. The van der Waals surface area contributed by atoms with E-state index in [1.54, 1.807) is 12.1 Å². The van der Waals surface area contributed by atoms with Gasteiger partial charge in [0, 0.05) is 23.1 Å². The zero-order valence-electron chi connectivity index (χ0n) is 18.2. The minimum atomic E-state index is -0.583. The van der Waals surface area contributed by atoms with Crippen LogP contribution in [0.2, 0.25) is 10.0 Å². The van der Waals surface area contributed by atoms with Gasteiger partial charge in [-0.25, -0.2) is 0 Å². The van der Waals surface area contributed by atoms with E-state index in [0.717, 1.165) is 16.3 Å². The second kappa shape index (κ2) is 8.98. The first-order valence-electron chi connectivity index (χ1n) is 10.7. The molecule has 0 radical (unpaired) electrons. The summed E-state index contributed by atoms with van der Waals surface area (Å²) in [4.78, 5) is 28.8. The Kier molecular flexibility index (Phi) is 5.84. The molecular formula is C27H19Cl2N3O3. The summed E-state index contributed by atoms with van der Waals surface area (Å²) in [6.07, 6.45) is 0. The number of carbonyl (C=O) groups is 1. The van der Waals surface area contributed by atoms with Crippen LogP contribution in [0.25, 0.3) is 32.9 Å². The van der Waals surface area contributed by atoms with E-state index in [1.807, 2.05) is 42.5 Å². The number of nitrogens with one attached hydrogen (secondary N) is 2. The van der Waals surface area contributed by atoms with E-state index in [0.29, 0.717) is 23.2 Å². The van der Waals surface area contributed by atoms with Crippen LogP contribution in [0.1, 0.15) is 15.9 Å². The number of aromatic amines is 1. The van der Waals surface area contributed by atoms with Crippen molar-refractivity contribution in [2.24, 2.45) is 0 Å². The molecule has 0 saturated heterocycles. The fourth-order valence-corrected chi connectivity index (χ4v) is 4.57. The lowest BCUT2D eigenvalue weighted by Crippen LogP contribution is -2.23. The maximum atomic E-state index is 12.9. The summed E-state index contributed by atoms with van der Waals surface area (Å²) >= 11 is 12.3. The fourth-order valence-electron chi connectivity index (χ4n) is 4.08. The predicted octanol–water partition coefficient (Wildman–Crippen LogP) is 5.87. The predicted molar refractivity (Wildman–Crippen MR) is 141 cm³/mol. The lowest BCUT2D eigenvalue weighted by molar-refractivity contribution is 0.0951. The highest BCUT2D eigenvalue weighted by Crippen LogP contribution is 2.35. The van der Waals surface area contributed by atoms with Gasteiger partial charge in [0.25, 0.3) is 5.91 Å². The molecule has 0 fully saturated rings. The Morgan fingerprint density at radius 3 is 2.43 bits per heavy atom. The number of fused-ring (bicyclic) bond motifs is 2. The first kappa shape index (κ1) is 22.8. The zero-order chi connectivity index (χ0) is 24.7. The van der Waals surface area contributed by atoms with Gasteiger partial charge >= 0.3 is 0 Å². The molecule has 0 spiro atoms. The summed E-state index contributed by atoms with van der Waals surface area (Å²) in [5.41, 5.74) is 7.66. The van der Waals surface area contributed by atoms with Gasteiger partial charge in [0.2, 0.25) is 5.43 Å². The minimum Gasteiger partial charge on any atom is -0.503 e. The number of amides is 1. The number of benzene rings is 4. The van der Waals surface area contributed by atoms with E-state index in [9.17, 15) is 14.7 Å². The van der Waals surface area contributed by atoms with E-state index < -0.39 is 11.2 Å². The fraction of sp³-hybridized carbons (Fsp3) is 0.0370. The molecule has 0 bridgehead atoms. The number of nitrogen functional groups attached to an aromatic ring is 1. The van der Waals surface area contributed by atoms with Gasteiger partial charge < -0.3 is 21.1 Å². The molecule has 0 unspecified atom stereocenters. The van der Waals surface area contributed by atoms with Gasteiger partial charge in [0.05, 0.1) is 26.9 Å². The second-order valence-electron chi connectivity index (χ2n) is 8.11. The van der Waals surface area contributed by atoms with Crippen LogP contribution in [0.5, 0.6) is 5.75 Å². The first-order chi connectivity index (χ1) is 16.8. The molecule has 0 aliphatic rings. The summed E-state index contributed by atoms with van der Waals surface area (Å²) in [6, 6.07) is 21.5. The number of hydrogen-bond donors (Lipinski definition) is 4. The second-order valence-corrected chi connectivity index (χ2v) is 8.93. The third-order valence-corrected chi connectivity index (χ3v) is 6.55. The molecule has 6 nitrogen and oxygen atoms in total. The van der Waals surface area contributed by atoms with Crippen LogP contribution in [-0.4, -0.2) is 16.0 Å². The summed E-state index contributed by atoms with van der Waals surface area (Å²) < 4.78 is 0. The average Bonchev–Trinajstić information content (AvgIpc) is 2.87. The minimum absolute atomic E-state index is 0.125. The van der Waals surface area contributed by atoms with Crippen molar-refractivity contribution < 1.29 is 9.90 Å². The lowest BCUT2D eigenvalue weighted by atomic mass is 10.0. The standard InChI is InChI=1S/C27H19Cl2N3O3/c28-20-10-17(11-21(29)23(20)30)24-26(34)25(33)19-9-8-15(12-22(19)32-24)27(35)31-13-16-6-3-5-14-4-1-2-7-18(14)16/h1-12,34H,13,30H2,(H,31,35)(H,32,33). The van der Waals surface area contributed by atoms with Crippen LogP contribution in [0, 0.1) is 0 Å². The number of anilines is 1. The van der Waals surface area contributed by atoms with Crippen molar-refractivity contribution in [2.75, 3.05) is 5.73 Å². The molecule has 5 rings (SSSR count). The van der Waals surface area contributed by atoms with E-state index in [1.165, 1.54) is 18.2 Å². The Labute approximate surface area is 209 Å². The molecule has 174 valence electrons. The average molecular weight is 504 g/mol. The molecule has 1 aromatic heterocycles. The molecule has 1 amide bonds. The molecule has 0 saturated carbocycles. The van der Waals surface area contributed by atoms with Crippen molar-refractivity contribution in [3.05, 3.63) is 104 Å². The highest BCUT2D eigenvalue weighted by atomic mass is 35.5. The van der Waals surface area contributed by atoms with Crippen LogP contribution >= 0.6 is 23.2 Å². The summed E-state index contributed by atoms with van der Waals surface area (Å²) in [5.74, 6) is -0.781. The van der Waals surface area contributed by atoms with Crippen LogP contribution in [0.3, 0.4) is 0 Å². The van der Waals surface area contributed by atoms with Crippen LogP contribution in [0.4, 0.5) is 5.69 Å². The van der Waals surface area contributed by atoms with E-state index in [2.05, 4.69) is 10.3 Å². The number of carbonyl (C=O) groups excluding carboxylic acids is 1. The highest BCUT2D eigenvalue weighted by Gasteiger charge is 2.17. The Balaban J connectivity index is 1.49. The molecule has 4 aromatic carbocycles. The molecule has 0 aliphatic carbocycles. The van der Waals surface area contributed by atoms with Gasteiger partial charge in [-0.3, -0.25) is 9.59 Å². The molecule has 8 heteroatoms. The van der Waals surface area contributed by atoms with Gasteiger partial charge in [-0.1, -0.05) is 65.7 Å². The quantitative estimate of drug-likeness (QED) is 0.230. The topological polar surface area (TPSA) is 108 Å². The number of halogens is 2. The van der Waals surface area contributed by atoms with Crippen molar-refractivity contribution in [1.29, 1.82) is 0 Å². The summed E-state index contributed by atoms with van der Waals surface area (Å²) in [6.45, 7) is 0.345. The molecule has 5 aromatic rings. The van der Waals surface area contributed by atoms with Crippen LogP contribution < -0.4 is 16.5 Å². The normalized spacial score (nSPS) is 11.1.